The van der Waals surface area contributed by atoms with Gasteiger partial charge in [-0.1, -0.05) is 12.1 Å². The minimum absolute atomic E-state index is 0.00150. The molecule has 0 bridgehead atoms. The number of carbonyl (C=O) groups is 2. The molecule has 112 valence electrons. The van der Waals surface area contributed by atoms with Gasteiger partial charge in [-0.25, -0.2) is 0 Å². The number of nitrogens with zero attached hydrogens (tertiary/aromatic N) is 2. The van der Waals surface area contributed by atoms with Crippen LogP contribution in [0, 0.1) is 5.92 Å². The largest absolute Gasteiger partial charge is 0.341 e. The summed E-state index contributed by atoms with van der Waals surface area (Å²) >= 11 is 1.53. The number of hydrogen-bond acceptors (Lipinski definition) is 4. The second-order valence-corrected chi connectivity index (χ2v) is 6.48. The summed E-state index contributed by atoms with van der Waals surface area (Å²) in [6, 6.07) is 7.74. The van der Waals surface area contributed by atoms with Crippen LogP contribution in [0.2, 0.25) is 0 Å². The van der Waals surface area contributed by atoms with Gasteiger partial charge in [0.25, 0.3) is 0 Å². The van der Waals surface area contributed by atoms with E-state index in [1.165, 1.54) is 11.8 Å². The first-order valence-corrected chi connectivity index (χ1v) is 8.17. The summed E-state index contributed by atoms with van der Waals surface area (Å²) in [6.45, 7) is 2.21. The van der Waals surface area contributed by atoms with E-state index in [9.17, 15) is 9.59 Å². The Labute approximate surface area is 128 Å². The average molecular weight is 305 g/mol. The molecule has 0 aromatic heterocycles. The molecule has 1 aromatic rings. The number of benzene rings is 1. The van der Waals surface area contributed by atoms with E-state index < -0.39 is 0 Å². The quantitative estimate of drug-likeness (QED) is 0.902. The van der Waals surface area contributed by atoms with Crippen LogP contribution >= 0.6 is 11.8 Å². The van der Waals surface area contributed by atoms with Crippen molar-refractivity contribution in [2.24, 2.45) is 11.7 Å². The van der Waals surface area contributed by atoms with E-state index >= 15 is 0 Å². The number of nitrogens with two attached hydrogens (primary N) is 1. The Morgan fingerprint density at radius 1 is 1.38 bits per heavy atom. The molecule has 5 nitrogen and oxygen atoms in total. The Hall–Kier alpha value is -1.53. The number of carbonyl (C=O) groups excluding carboxylic acids is 2. The van der Waals surface area contributed by atoms with Crippen LogP contribution in [0.15, 0.2) is 29.2 Å². The van der Waals surface area contributed by atoms with Gasteiger partial charge in [0.2, 0.25) is 11.8 Å². The molecular weight excluding hydrogens is 286 g/mol. The molecule has 21 heavy (non-hydrogen) atoms. The Morgan fingerprint density at radius 2 is 2.19 bits per heavy atom. The van der Waals surface area contributed by atoms with Crippen molar-refractivity contribution >= 4 is 29.3 Å². The van der Waals surface area contributed by atoms with E-state index in [1.807, 2.05) is 29.2 Å². The van der Waals surface area contributed by atoms with E-state index in [0.717, 1.165) is 23.5 Å². The van der Waals surface area contributed by atoms with Crippen LogP contribution in [0.1, 0.15) is 6.42 Å². The molecule has 2 amide bonds. The number of hydrogen-bond donors (Lipinski definition) is 1. The fourth-order valence-corrected chi connectivity index (χ4v) is 3.75. The summed E-state index contributed by atoms with van der Waals surface area (Å²) < 4.78 is 0. The molecule has 1 atom stereocenters. The highest BCUT2D eigenvalue weighted by molar-refractivity contribution is 8.00. The van der Waals surface area contributed by atoms with Gasteiger partial charge in [0, 0.05) is 18.0 Å². The number of fused-ring (bicyclic) bond motifs is 1. The van der Waals surface area contributed by atoms with E-state index in [2.05, 4.69) is 0 Å². The van der Waals surface area contributed by atoms with E-state index in [0.29, 0.717) is 24.8 Å². The van der Waals surface area contributed by atoms with Gasteiger partial charge in [-0.3, -0.25) is 9.59 Å². The third-order valence-corrected chi connectivity index (χ3v) is 5.12. The lowest BCUT2D eigenvalue weighted by atomic mass is 10.1. The van der Waals surface area contributed by atoms with Crippen LogP contribution in [-0.2, 0) is 9.59 Å². The predicted octanol–water partition coefficient (Wildman–Crippen LogP) is 0.933. The molecule has 3 rings (SSSR count). The van der Waals surface area contributed by atoms with Gasteiger partial charge in [0.15, 0.2) is 0 Å². The summed E-state index contributed by atoms with van der Waals surface area (Å²) in [5.41, 5.74) is 6.51. The first-order valence-electron chi connectivity index (χ1n) is 7.19. The van der Waals surface area contributed by atoms with Crippen molar-refractivity contribution < 1.29 is 9.59 Å². The van der Waals surface area contributed by atoms with Gasteiger partial charge >= 0.3 is 0 Å². The maximum absolute atomic E-state index is 12.4. The van der Waals surface area contributed by atoms with Crippen molar-refractivity contribution in [1.29, 1.82) is 0 Å². The molecule has 2 aliphatic rings. The Kier molecular flexibility index (Phi) is 4.17. The number of thioether (sulfide) groups is 1. The molecular formula is C15H19N3O2S. The van der Waals surface area contributed by atoms with Crippen LogP contribution in [-0.4, -0.2) is 48.6 Å². The van der Waals surface area contributed by atoms with Crippen molar-refractivity contribution in [3.05, 3.63) is 24.3 Å². The Bertz CT molecular complexity index is 564. The van der Waals surface area contributed by atoms with Crippen LogP contribution < -0.4 is 10.6 Å². The molecule has 0 saturated carbocycles. The zero-order valence-corrected chi connectivity index (χ0v) is 12.6. The van der Waals surface area contributed by atoms with Crippen molar-refractivity contribution in [2.75, 3.05) is 36.8 Å². The molecule has 0 spiro atoms. The lowest BCUT2D eigenvalue weighted by molar-refractivity contribution is -0.130. The van der Waals surface area contributed by atoms with Crippen LogP contribution in [0.25, 0.3) is 0 Å². The molecule has 2 N–H and O–H groups in total. The van der Waals surface area contributed by atoms with Gasteiger partial charge in [-0.15, -0.1) is 11.8 Å². The summed E-state index contributed by atoms with van der Waals surface area (Å²) in [5.74, 6) is 0.812. The van der Waals surface area contributed by atoms with Gasteiger partial charge in [0.1, 0.15) is 6.54 Å². The second kappa shape index (κ2) is 6.07. The van der Waals surface area contributed by atoms with Crippen molar-refractivity contribution in [2.45, 2.75) is 11.3 Å². The van der Waals surface area contributed by atoms with Gasteiger partial charge in [-0.05, 0) is 31.0 Å². The number of likely N-dealkylation sites (tertiary alicyclic amines) is 1. The number of anilines is 1. The van der Waals surface area contributed by atoms with Crippen molar-refractivity contribution in [3.8, 4) is 0 Å². The highest BCUT2D eigenvalue weighted by Gasteiger charge is 2.30. The summed E-state index contributed by atoms with van der Waals surface area (Å²) in [6.07, 6.45) is 0.961. The average Bonchev–Trinajstić information content (AvgIpc) is 2.99. The predicted molar refractivity (Wildman–Crippen MR) is 83.3 cm³/mol. The smallest absolute Gasteiger partial charge is 0.242 e. The first-order chi connectivity index (χ1) is 10.2. The minimum Gasteiger partial charge on any atom is -0.341 e. The summed E-state index contributed by atoms with van der Waals surface area (Å²) in [5, 5.41) is 0. The highest BCUT2D eigenvalue weighted by atomic mass is 32.2. The molecule has 1 aromatic carbocycles. The zero-order valence-electron chi connectivity index (χ0n) is 11.8. The fraction of sp³-hybridized carbons (Fsp3) is 0.467. The first kappa shape index (κ1) is 14.4. The third kappa shape index (κ3) is 2.91. The molecule has 1 saturated heterocycles. The topological polar surface area (TPSA) is 66.6 Å². The van der Waals surface area contributed by atoms with Crippen LogP contribution in [0.3, 0.4) is 0 Å². The van der Waals surface area contributed by atoms with Gasteiger partial charge in [0.05, 0.1) is 11.4 Å². The van der Waals surface area contributed by atoms with E-state index in [-0.39, 0.29) is 18.4 Å². The SMILES string of the molecule is NCC1CCN(C(=O)CN2C(=O)CSc3ccccc32)C1. The Balaban J connectivity index is 1.72. The second-order valence-electron chi connectivity index (χ2n) is 5.47. The fourth-order valence-electron chi connectivity index (χ4n) is 2.81. The highest BCUT2D eigenvalue weighted by Crippen LogP contribution is 2.34. The lowest BCUT2D eigenvalue weighted by Crippen LogP contribution is -2.44. The normalized spacial score (nSPS) is 21.6. The monoisotopic (exact) mass is 305 g/mol. The molecule has 6 heteroatoms. The van der Waals surface area contributed by atoms with Gasteiger partial charge < -0.3 is 15.5 Å². The summed E-state index contributed by atoms with van der Waals surface area (Å²) in [7, 11) is 0. The molecule has 2 heterocycles. The van der Waals surface area contributed by atoms with E-state index in [1.54, 1.807) is 4.90 Å². The van der Waals surface area contributed by atoms with Crippen LogP contribution in [0.5, 0.6) is 0 Å². The zero-order chi connectivity index (χ0) is 14.8. The van der Waals surface area contributed by atoms with Gasteiger partial charge in [-0.2, -0.15) is 0 Å². The van der Waals surface area contributed by atoms with Crippen molar-refractivity contribution in [1.82, 2.24) is 4.90 Å². The minimum atomic E-state index is 0.00150. The third-order valence-electron chi connectivity index (χ3n) is 4.07. The molecule has 0 aliphatic carbocycles. The van der Waals surface area contributed by atoms with Crippen molar-refractivity contribution in [3.63, 3.8) is 0 Å². The Morgan fingerprint density at radius 3 is 2.95 bits per heavy atom. The molecule has 0 radical (unpaired) electrons. The molecule has 2 aliphatic heterocycles. The number of para-hydroxylation sites is 1. The standard InChI is InChI=1S/C15H19N3O2S/c16-7-11-5-6-17(8-11)14(19)9-18-12-3-1-2-4-13(12)21-10-15(18)20/h1-4,11H,5-10,16H2. The summed E-state index contributed by atoms with van der Waals surface area (Å²) in [4.78, 5) is 29.1. The molecule has 1 unspecified atom stereocenters. The van der Waals surface area contributed by atoms with E-state index in [4.69, 9.17) is 5.73 Å². The van der Waals surface area contributed by atoms with Crippen LogP contribution in [0.4, 0.5) is 5.69 Å². The maximum Gasteiger partial charge on any atom is 0.242 e. The lowest BCUT2D eigenvalue weighted by Gasteiger charge is -2.30. The maximum atomic E-state index is 12.4. The number of amides is 2. The number of rotatable bonds is 3. The molecule has 1 fully saturated rings.